The fourth-order valence-electron chi connectivity index (χ4n) is 4.44. The van der Waals surface area contributed by atoms with Gasteiger partial charge in [-0.15, -0.1) is 22.7 Å². The first-order valence-corrected chi connectivity index (χ1v) is 12.7. The minimum Gasteiger partial charge on any atom is -0.338 e. The van der Waals surface area contributed by atoms with E-state index < -0.39 is 0 Å². The number of anilines is 1. The molecule has 7 nitrogen and oxygen atoms in total. The fraction of sp³-hybridized carbons (Fsp3) is 0.250. The van der Waals surface area contributed by atoms with Crippen LogP contribution in [0, 0.1) is 0 Å². The number of nitrogens with one attached hydrogen (secondary N) is 2. The Morgan fingerprint density at radius 1 is 1.18 bits per heavy atom. The molecule has 0 bridgehead atoms. The van der Waals surface area contributed by atoms with Crippen LogP contribution in [0.1, 0.15) is 29.7 Å². The Hall–Kier alpha value is -3.30. The van der Waals surface area contributed by atoms with Gasteiger partial charge in [-0.3, -0.25) is 14.2 Å². The molecular weight excluding hydrogens is 454 g/mol. The van der Waals surface area contributed by atoms with Crippen LogP contribution in [0.15, 0.2) is 46.8 Å². The Kier molecular flexibility index (Phi) is 5.07. The Morgan fingerprint density at radius 2 is 2.06 bits per heavy atom. The first kappa shape index (κ1) is 20.3. The molecule has 1 amide bonds. The lowest BCUT2D eigenvalue weighted by atomic mass is 9.95. The van der Waals surface area contributed by atoms with Crippen molar-refractivity contribution >= 4 is 54.8 Å². The average molecular weight is 476 g/mol. The molecule has 33 heavy (non-hydrogen) atoms. The van der Waals surface area contributed by atoms with Crippen LogP contribution in [0.25, 0.3) is 32.6 Å². The lowest BCUT2D eigenvalue weighted by Gasteiger charge is -2.12. The smallest absolute Gasteiger partial charge is 0.262 e. The van der Waals surface area contributed by atoms with E-state index in [1.807, 2.05) is 29.6 Å². The van der Waals surface area contributed by atoms with Gasteiger partial charge in [0.1, 0.15) is 15.7 Å². The lowest BCUT2D eigenvalue weighted by Crippen LogP contribution is -2.23. The number of amides is 1. The summed E-state index contributed by atoms with van der Waals surface area (Å²) in [6.07, 6.45) is 6.06. The number of para-hydroxylation sites is 2. The van der Waals surface area contributed by atoms with Gasteiger partial charge in [0.25, 0.3) is 5.56 Å². The molecular formula is C24H21N5O2S2. The van der Waals surface area contributed by atoms with Gasteiger partial charge in [-0.2, -0.15) is 0 Å². The summed E-state index contributed by atoms with van der Waals surface area (Å²) >= 11 is 3.09. The summed E-state index contributed by atoms with van der Waals surface area (Å²) in [5.41, 5.74) is 4.10. The number of rotatable bonds is 5. The van der Waals surface area contributed by atoms with Crippen LogP contribution in [-0.2, 0) is 24.2 Å². The molecule has 0 atom stereocenters. The molecule has 4 aromatic heterocycles. The van der Waals surface area contributed by atoms with E-state index in [9.17, 15) is 9.59 Å². The number of carbonyl (C=O) groups is 1. The summed E-state index contributed by atoms with van der Waals surface area (Å²) in [5.74, 6) is 0.678. The van der Waals surface area contributed by atoms with Crippen molar-refractivity contribution in [2.75, 3.05) is 5.32 Å². The Labute approximate surface area is 197 Å². The number of fused-ring (bicyclic) bond motifs is 3. The van der Waals surface area contributed by atoms with Crippen molar-refractivity contribution in [2.24, 2.45) is 0 Å². The van der Waals surface area contributed by atoms with E-state index in [4.69, 9.17) is 4.98 Å². The summed E-state index contributed by atoms with van der Waals surface area (Å²) < 4.78 is 1.51. The number of hydrogen-bond donors (Lipinski definition) is 2. The van der Waals surface area contributed by atoms with Gasteiger partial charge in [-0.05, 0) is 54.8 Å². The number of imidazole rings is 1. The third kappa shape index (κ3) is 3.67. The van der Waals surface area contributed by atoms with Crippen LogP contribution in [0.2, 0.25) is 0 Å². The molecule has 0 unspecified atom stereocenters. The van der Waals surface area contributed by atoms with Crippen LogP contribution in [0.5, 0.6) is 0 Å². The van der Waals surface area contributed by atoms with E-state index >= 15 is 0 Å². The molecule has 1 aliphatic rings. The predicted molar refractivity (Wildman–Crippen MR) is 133 cm³/mol. The van der Waals surface area contributed by atoms with Crippen LogP contribution >= 0.6 is 22.7 Å². The van der Waals surface area contributed by atoms with Crippen LogP contribution in [0.3, 0.4) is 0 Å². The van der Waals surface area contributed by atoms with E-state index in [-0.39, 0.29) is 24.4 Å². The standard InChI is InChI=1S/C24H21N5O2S2/c30-19(9-11-29-13-25-22-15(24(29)31)10-12-32-22)28-23-20(14-5-1-4-8-18(14)33-23)21-26-16-6-2-3-7-17(16)27-21/h2-3,6-7,10,12-13H,1,4-5,8-9,11H2,(H,26,27)(H,28,30). The molecule has 0 fully saturated rings. The predicted octanol–water partition coefficient (Wildman–Crippen LogP) is 4.97. The zero-order valence-corrected chi connectivity index (χ0v) is 19.4. The second-order valence-electron chi connectivity index (χ2n) is 8.20. The Balaban J connectivity index is 1.28. The number of thiophene rings is 2. The minimum absolute atomic E-state index is 0.108. The number of aromatic nitrogens is 4. The third-order valence-electron chi connectivity index (χ3n) is 6.08. The van der Waals surface area contributed by atoms with E-state index in [1.54, 1.807) is 17.4 Å². The van der Waals surface area contributed by atoms with Gasteiger partial charge in [0.15, 0.2) is 0 Å². The summed E-state index contributed by atoms with van der Waals surface area (Å²) in [5, 5.41) is 6.41. The van der Waals surface area contributed by atoms with Gasteiger partial charge in [0.05, 0.1) is 28.3 Å². The monoisotopic (exact) mass is 475 g/mol. The molecule has 0 aliphatic heterocycles. The summed E-state index contributed by atoms with van der Waals surface area (Å²) in [7, 11) is 0. The maximum Gasteiger partial charge on any atom is 0.262 e. The Bertz CT molecular complexity index is 1530. The van der Waals surface area contributed by atoms with Gasteiger partial charge in [-0.25, -0.2) is 9.97 Å². The van der Waals surface area contributed by atoms with Crippen molar-refractivity contribution in [1.29, 1.82) is 0 Å². The molecule has 6 rings (SSSR count). The highest BCUT2D eigenvalue weighted by Gasteiger charge is 2.25. The zero-order chi connectivity index (χ0) is 22.4. The first-order valence-electron chi connectivity index (χ1n) is 11.0. The number of hydrogen-bond acceptors (Lipinski definition) is 6. The molecule has 4 heterocycles. The lowest BCUT2D eigenvalue weighted by molar-refractivity contribution is -0.116. The van der Waals surface area contributed by atoms with Crippen molar-refractivity contribution in [3.63, 3.8) is 0 Å². The number of nitrogens with zero attached hydrogens (tertiary/aromatic N) is 3. The van der Waals surface area contributed by atoms with Crippen molar-refractivity contribution in [3.05, 3.63) is 62.8 Å². The van der Waals surface area contributed by atoms with E-state index in [2.05, 4.69) is 15.3 Å². The molecule has 5 aromatic rings. The number of benzene rings is 1. The normalized spacial score (nSPS) is 13.5. The highest BCUT2D eigenvalue weighted by molar-refractivity contribution is 7.17. The molecule has 0 saturated carbocycles. The molecule has 0 spiro atoms. The maximum atomic E-state index is 12.9. The second-order valence-corrected chi connectivity index (χ2v) is 10.2. The summed E-state index contributed by atoms with van der Waals surface area (Å²) in [6, 6.07) is 9.74. The second kappa shape index (κ2) is 8.24. The van der Waals surface area contributed by atoms with Gasteiger partial charge in [0, 0.05) is 17.8 Å². The molecule has 1 aromatic carbocycles. The van der Waals surface area contributed by atoms with E-state index in [1.165, 1.54) is 39.1 Å². The topological polar surface area (TPSA) is 92.7 Å². The molecule has 0 saturated heterocycles. The van der Waals surface area contributed by atoms with Crippen molar-refractivity contribution in [2.45, 2.75) is 38.6 Å². The van der Waals surface area contributed by atoms with Crippen molar-refractivity contribution < 1.29 is 4.79 Å². The molecule has 166 valence electrons. The van der Waals surface area contributed by atoms with E-state index in [0.717, 1.165) is 51.5 Å². The maximum absolute atomic E-state index is 12.9. The number of aromatic amines is 1. The van der Waals surface area contributed by atoms with E-state index in [0.29, 0.717) is 5.39 Å². The summed E-state index contributed by atoms with van der Waals surface area (Å²) in [4.78, 5) is 40.1. The number of carbonyl (C=O) groups excluding carboxylic acids is 1. The number of aryl methyl sites for hydroxylation is 2. The van der Waals surface area contributed by atoms with Crippen LogP contribution in [0.4, 0.5) is 5.00 Å². The Morgan fingerprint density at radius 3 is 2.97 bits per heavy atom. The first-order chi connectivity index (χ1) is 16.2. The highest BCUT2D eigenvalue weighted by Crippen LogP contribution is 2.43. The van der Waals surface area contributed by atoms with Gasteiger partial charge in [0.2, 0.25) is 5.91 Å². The van der Waals surface area contributed by atoms with Gasteiger partial charge >= 0.3 is 0 Å². The highest BCUT2D eigenvalue weighted by atomic mass is 32.1. The van der Waals surface area contributed by atoms with Gasteiger partial charge in [-0.1, -0.05) is 12.1 Å². The molecule has 1 aliphatic carbocycles. The largest absolute Gasteiger partial charge is 0.338 e. The van der Waals surface area contributed by atoms with Crippen molar-refractivity contribution in [3.8, 4) is 11.4 Å². The van der Waals surface area contributed by atoms with Crippen molar-refractivity contribution in [1.82, 2.24) is 19.5 Å². The van der Waals surface area contributed by atoms with Gasteiger partial charge < -0.3 is 10.3 Å². The third-order valence-corrected chi connectivity index (χ3v) is 8.11. The SMILES string of the molecule is O=C(CCn1cnc2sccc2c1=O)Nc1sc2c(c1-c1nc3ccccc3[nH]1)CCCC2. The zero-order valence-electron chi connectivity index (χ0n) is 17.8. The van der Waals surface area contributed by atoms with Crippen LogP contribution < -0.4 is 10.9 Å². The molecule has 2 N–H and O–H groups in total. The summed E-state index contributed by atoms with van der Waals surface area (Å²) in [6.45, 7) is 0.286. The van der Waals surface area contributed by atoms with Crippen LogP contribution in [-0.4, -0.2) is 25.4 Å². The molecule has 0 radical (unpaired) electrons. The minimum atomic E-state index is -0.122. The number of H-pyrrole nitrogens is 1. The average Bonchev–Trinajstić information content (AvgIpc) is 3.54. The molecule has 9 heteroatoms. The quantitative estimate of drug-likeness (QED) is 0.375. The fourth-order valence-corrected chi connectivity index (χ4v) is 6.47.